The standard InChI is InChI=1S/C20H22O9/c21-9-16-17(25)18(26)19(27)20(29-16)28-15-4-3-10(7-14(15)24)1-2-11-5-12(22)8-13(23)6-11/h1-8,16-27H,9H2/b2-1+/t16?,17-,18?,19?,20-/m1/s1. The fraction of sp³-hybridized carbons (Fsp3) is 0.300. The quantitative estimate of drug-likeness (QED) is 0.343. The van der Waals surface area contributed by atoms with Crippen LogP contribution in [0.4, 0.5) is 0 Å². The van der Waals surface area contributed by atoms with E-state index in [1.807, 2.05) is 0 Å². The van der Waals surface area contributed by atoms with E-state index < -0.39 is 37.3 Å². The first-order valence-corrected chi connectivity index (χ1v) is 8.80. The molecule has 0 aromatic heterocycles. The molecule has 2 aromatic rings. The molecule has 0 amide bonds. The van der Waals surface area contributed by atoms with Crippen LogP contribution in [0, 0.1) is 0 Å². The monoisotopic (exact) mass is 406 g/mol. The van der Waals surface area contributed by atoms with Gasteiger partial charge >= 0.3 is 0 Å². The lowest BCUT2D eigenvalue weighted by atomic mass is 9.99. The molecule has 29 heavy (non-hydrogen) atoms. The van der Waals surface area contributed by atoms with Gasteiger partial charge in [0.15, 0.2) is 11.5 Å². The maximum absolute atomic E-state index is 10.2. The summed E-state index contributed by atoms with van der Waals surface area (Å²) in [6.45, 7) is -0.592. The second kappa shape index (κ2) is 8.68. The first-order chi connectivity index (χ1) is 13.8. The predicted octanol–water partition coefficient (Wildman–Crippen LogP) is 0.152. The lowest BCUT2D eigenvalue weighted by Gasteiger charge is -2.39. The first kappa shape index (κ1) is 20.9. The Morgan fingerprint density at radius 1 is 0.828 bits per heavy atom. The highest BCUT2D eigenvalue weighted by Crippen LogP contribution is 2.32. The van der Waals surface area contributed by atoms with Crippen LogP contribution >= 0.6 is 0 Å². The molecule has 1 aliphatic rings. The Bertz CT molecular complexity index is 860. The summed E-state index contributed by atoms with van der Waals surface area (Å²) in [5.41, 5.74) is 1.12. The van der Waals surface area contributed by atoms with E-state index in [2.05, 4.69) is 0 Å². The fourth-order valence-corrected chi connectivity index (χ4v) is 2.93. The van der Waals surface area contributed by atoms with Crippen molar-refractivity contribution in [1.29, 1.82) is 0 Å². The molecule has 1 saturated heterocycles. The van der Waals surface area contributed by atoms with Crippen molar-refractivity contribution in [1.82, 2.24) is 0 Å². The minimum absolute atomic E-state index is 0.0403. The second-order valence-electron chi connectivity index (χ2n) is 6.66. The van der Waals surface area contributed by atoms with Gasteiger partial charge < -0.3 is 45.2 Å². The number of hydrogen-bond acceptors (Lipinski definition) is 9. The van der Waals surface area contributed by atoms with Crippen LogP contribution in [0.1, 0.15) is 11.1 Å². The van der Waals surface area contributed by atoms with Gasteiger partial charge in [-0.3, -0.25) is 0 Å². The summed E-state index contributed by atoms with van der Waals surface area (Å²) in [7, 11) is 0. The molecule has 0 saturated carbocycles. The lowest BCUT2D eigenvalue weighted by Crippen LogP contribution is -2.60. The van der Waals surface area contributed by atoms with Gasteiger partial charge in [-0.05, 0) is 35.4 Å². The van der Waals surface area contributed by atoms with E-state index >= 15 is 0 Å². The van der Waals surface area contributed by atoms with Gasteiger partial charge in [0, 0.05) is 6.07 Å². The summed E-state index contributed by atoms with van der Waals surface area (Å²) in [5.74, 6) is -0.490. The van der Waals surface area contributed by atoms with E-state index in [0.717, 1.165) is 0 Å². The van der Waals surface area contributed by atoms with Gasteiger partial charge in [-0.2, -0.15) is 0 Å². The van der Waals surface area contributed by atoms with Crippen LogP contribution in [0.5, 0.6) is 23.0 Å². The van der Waals surface area contributed by atoms with Gasteiger partial charge in [0.1, 0.15) is 35.9 Å². The maximum atomic E-state index is 10.2. The van der Waals surface area contributed by atoms with E-state index in [-0.39, 0.29) is 23.0 Å². The van der Waals surface area contributed by atoms with E-state index in [9.17, 15) is 35.7 Å². The Labute approximate surface area is 165 Å². The molecule has 1 fully saturated rings. The molecule has 7 N–H and O–H groups in total. The van der Waals surface area contributed by atoms with Crippen LogP contribution in [0.25, 0.3) is 12.2 Å². The molecule has 0 bridgehead atoms. The van der Waals surface area contributed by atoms with Crippen LogP contribution in [0.2, 0.25) is 0 Å². The Balaban J connectivity index is 1.73. The Kier molecular flexibility index (Phi) is 6.26. The van der Waals surface area contributed by atoms with Crippen LogP contribution < -0.4 is 4.74 Å². The molecule has 2 aromatic carbocycles. The summed E-state index contributed by atoms with van der Waals surface area (Å²) in [4.78, 5) is 0. The third-order valence-electron chi connectivity index (χ3n) is 4.47. The minimum atomic E-state index is -1.59. The molecule has 0 aliphatic carbocycles. The highest BCUT2D eigenvalue weighted by molar-refractivity contribution is 5.72. The van der Waals surface area contributed by atoms with Crippen molar-refractivity contribution in [2.45, 2.75) is 30.7 Å². The van der Waals surface area contributed by atoms with Gasteiger partial charge in [0.25, 0.3) is 0 Å². The highest BCUT2D eigenvalue weighted by atomic mass is 16.7. The Morgan fingerprint density at radius 2 is 1.48 bits per heavy atom. The molecule has 156 valence electrons. The Hall–Kier alpha value is -2.82. The number of ether oxygens (including phenoxy) is 2. The first-order valence-electron chi connectivity index (χ1n) is 8.80. The molecule has 3 rings (SSSR count). The van der Waals surface area contributed by atoms with E-state index in [0.29, 0.717) is 11.1 Å². The van der Waals surface area contributed by atoms with Crippen LogP contribution in [-0.4, -0.2) is 73.1 Å². The number of phenols is 3. The average molecular weight is 406 g/mol. The van der Waals surface area contributed by atoms with Crippen LogP contribution in [0.3, 0.4) is 0 Å². The molecule has 9 heteroatoms. The zero-order valence-corrected chi connectivity index (χ0v) is 15.2. The number of rotatable bonds is 5. The smallest absolute Gasteiger partial charge is 0.229 e. The topological polar surface area (TPSA) is 160 Å². The van der Waals surface area contributed by atoms with Gasteiger partial charge in [0.05, 0.1) is 6.61 Å². The lowest BCUT2D eigenvalue weighted by molar-refractivity contribution is -0.277. The van der Waals surface area contributed by atoms with Crippen molar-refractivity contribution in [2.24, 2.45) is 0 Å². The van der Waals surface area contributed by atoms with Crippen LogP contribution in [-0.2, 0) is 4.74 Å². The fourth-order valence-electron chi connectivity index (χ4n) is 2.93. The molecule has 0 spiro atoms. The van der Waals surface area contributed by atoms with Crippen LogP contribution in [0.15, 0.2) is 36.4 Å². The molecule has 9 nitrogen and oxygen atoms in total. The largest absolute Gasteiger partial charge is 0.508 e. The predicted molar refractivity (Wildman–Crippen MR) is 101 cm³/mol. The summed E-state index contributed by atoms with van der Waals surface area (Å²) < 4.78 is 10.6. The van der Waals surface area contributed by atoms with Gasteiger partial charge in [-0.15, -0.1) is 0 Å². The van der Waals surface area contributed by atoms with Gasteiger partial charge in [0.2, 0.25) is 6.29 Å². The molecule has 0 radical (unpaired) electrons. The third-order valence-corrected chi connectivity index (χ3v) is 4.47. The number of benzene rings is 2. The number of aromatic hydroxyl groups is 3. The summed E-state index contributed by atoms with van der Waals surface area (Å²) >= 11 is 0. The number of aliphatic hydroxyl groups is 4. The van der Waals surface area contributed by atoms with Crippen molar-refractivity contribution in [2.75, 3.05) is 6.61 Å². The van der Waals surface area contributed by atoms with E-state index in [4.69, 9.17) is 9.47 Å². The number of aliphatic hydroxyl groups excluding tert-OH is 4. The second-order valence-corrected chi connectivity index (χ2v) is 6.66. The highest BCUT2D eigenvalue weighted by Gasteiger charge is 2.44. The zero-order chi connectivity index (χ0) is 21.1. The number of phenolic OH excluding ortho intramolecular Hbond substituents is 3. The molecule has 3 unspecified atom stereocenters. The van der Waals surface area contributed by atoms with Crippen molar-refractivity contribution >= 4 is 12.2 Å². The summed E-state index contributed by atoms with van der Waals surface area (Å²) in [6.07, 6.45) is -3.97. The van der Waals surface area contributed by atoms with E-state index in [1.165, 1.54) is 30.3 Å². The number of hydrogen-bond donors (Lipinski definition) is 7. The summed E-state index contributed by atoms with van der Waals surface area (Å²) in [5, 5.41) is 68.0. The molecule has 1 aliphatic heterocycles. The normalized spacial score (nSPS) is 27.2. The average Bonchev–Trinajstić information content (AvgIpc) is 2.67. The van der Waals surface area contributed by atoms with Crippen molar-refractivity contribution in [3.05, 3.63) is 47.5 Å². The molecule has 5 atom stereocenters. The van der Waals surface area contributed by atoms with Crippen molar-refractivity contribution < 1.29 is 45.2 Å². The Morgan fingerprint density at radius 3 is 2.10 bits per heavy atom. The third kappa shape index (κ3) is 4.78. The zero-order valence-electron chi connectivity index (χ0n) is 15.2. The van der Waals surface area contributed by atoms with E-state index in [1.54, 1.807) is 18.2 Å². The van der Waals surface area contributed by atoms with Gasteiger partial charge in [-0.25, -0.2) is 0 Å². The minimum Gasteiger partial charge on any atom is -0.508 e. The van der Waals surface area contributed by atoms with Crippen molar-refractivity contribution in [3.8, 4) is 23.0 Å². The van der Waals surface area contributed by atoms with Crippen molar-refractivity contribution in [3.63, 3.8) is 0 Å². The SMILES string of the molecule is OCC1O[C@@H](Oc2ccc(/C=C/c3cc(O)cc(O)c3)cc2O)C(O)C(O)[C@@H]1O. The molecular formula is C20H22O9. The maximum Gasteiger partial charge on any atom is 0.229 e. The molecular weight excluding hydrogens is 384 g/mol. The van der Waals surface area contributed by atoms with Gasteiger partial charge in [-0.1, -0.05) is 18.2 Å². The molecule has 1 heterocycles. The summed E-state index contributed by atoms with van der Waals surface area (Å²) in [6, 6.07) is 8.49.